The molecule has 59 heavy (non-hydrogen) atoms. The van der Waals surface area contributed by atoms with Crippen molar-refractivity contribution in [3.8, 4) is 10.6 Å². The van der Waals surface area contributed by atoms with Gasteiger partial charge in [-0.25, -0.2) is 4.98 Å². The molecule has 0 amide bonds. The van der Waals surface area contributed by atoms with Crippen molar-refractivity contribution in [1.29, 1.82) is 0 Å². The predicted octanol–water partition coefficient (Wildman–Crippen LogP) is 11.5. The number of halogens is 1. The molecule has 7 nitrogen and oxygen atoms in total. The summed E-state index contributed by atoms with van der Waals surface area (Å²) in [5, 5.41) is 1.72. The summed E-state index contributed by atoms with van der Waals surface area (Å²) in [7, 11) is 0. The summed E-state index contributed by atoms with van der Waals surface area (Å²) in [6, 6.07) is 50.9. The molecule has 2 aromatic heterocycles. The van der Waals surface area contributed by atoms with Gasteiger partial charge < -0.3 is 28.1 Å². The summed E-state index contributed by atoms with van der Waals surface area (Å²) in [4.78, 5) is 5.92. The van der Waals surface area contributed by atoms with Gasteiger partial charge in [-0.3, -0.25) is 0 Å². The van der Waals surface area contributed by atoms with Crippen molar-refractivity contribution < 1.29 is 28.1 Å². The first-order valence-corrected chi connectivity index (χ1v) is 21.4. The summed E-state index contributed by atoms with van der Waals surface area (Å²) in [5.74, 6) is 0.810. The second kappa shape index (κ2) is 18.6. The third kappa shape index (κ3) is 9.30. The lowest BCUT2D eigenvalue weighted by molar-refractivity contribution is -0.275. The van der Waals surface area contributed by atoms with Crippen LogP contribution in [0, 0.1) is 0 Å². The summed E-state index contributed by atoms with van der Waals surface area (Å²) < 4.78 is 40.4. The van der Waals surface area contributed by atoms with Crippen molar-refractivity contribution in [2.45, 2.75) is 75.2 Å². The molecule has 1 aliphatic heterocycles. The molecule has 3 heterocycles. The third-order valence-corrected chi connectivity index (χ3v) is 12.7. The van der Waals surface area contributed by atoms with Gasteiger partial charge in [-0.1, -0.05) is 145 Å². The van der Waals surface area contributed by atoms with E-state index in [2.05, 4.69) is 60.7 Å². The van der Waals surface area contributed by atoms with E-state index < -0.39 is 30.5 Å². The molecule has 0 radical (unpaired) electrons. The molecule has 0 spiro atoms. The fourth-order valence-electron chi connectivity index (χ4n) is 7.90. The molecule has 0 N–H and O–H groups in total. The van der Waals surface area contributed by atoms with Crippen LogP contribution in [0.4, 0.5) is 0 Å². The van der Waals surface area contributed by atoms with Gasteiger partial charge in [-0.05, 0) is 64.4 Å². The molecule has 9 heteroatoms. The molecular formula is C50H46ClNO6S. The van der Waals surface area contributed by atoms with Crippen LogP contribution in [0.1, 0.15) is 57.3 Å². The van der Waals surface area contributed by atoms with Gasteiger partial charge in [0.2, 0.25) is 0 Å². The fourth-order valence-corrected chi connectivity index (χ4v) is 9.34. The number of rotatable bonds is 17. The molecule has 5 atom stereocenters. The van der Waals surface area contributed by atoms with Crippen molar-refractivity contribution in [3.05, 3.63) is 208 Å². The summed E-state index contributed by atoms with van der Waals surface area (Å²) in [5.41, 5.74) is 5.91. The molecular weight excluding hydrogens is 778 g/mol. The lowest BCUT2D eigenvalue weighted by Gasteiger charge is -2.46. The van der Waals surface area contributed by atoms with Gasteiger partial charge in [0, 0.05) is 16.6 Å². The Labute approximate surface area is 354 Å². The standard InChI is InChI=1S/C50H46ClNO6S/c51-41-24-23-39(28-40(41)50(25-26-50)49-52-29-44(59-49)42-22-13-27-54-42)45-47(56-32-37-18-9-3-10-19-37)48(57-33-38-20-11-4-12-21-38)46(55-31-36-16-7-2-8-17-36)43(58-45)34-53-30-35-14-5-1-6-15-35/h1-24,27-29,43,45-48H,25-26,30-34H2. The van der Waals surface area contributed by atoms with Crippen LogP contribution in [-0.4, -0.2) is 36.0 Å². The van der Waals surface area contributed by atoms with Crippen molar-refractivity contribution in [2.24, 2.45) is 0 Å². The monoisotopic (exact) mass is 823 g/mol. The number of hydrogen-bond acceptors (Lipinski definition) is 8. The Bertz CT molecular complexity index is 2360. The Morgan fingerprint density at radius 2 is 1.19 bits per heavy atom. The second-order valence-corrected chi connectivity index (χ2v) is 16.6. The van der Waals surface area contributed by atoms with Crippen LogP contribution in [0.2, 0.25) is 5.02 Å². The van der Waals surface area contributed by atoms with E-state index in [9.17, 15) is 0 Å². The molecule has 1 saturated carbocycles. The van der Waals surface area contributed by atoms with Crippen LogP contribution >= 0.6 is 22.9 Å². The largest absolute Gasteiger partial charge is 0.463 e. The average molecular weight is 824 g/mol. The van der Waals surface area contributed by atoms with Gasteiger partial charge in [0.1, 0.15) is 41.3 Å². The highest BCUT2D eigenvalue weighted by Gasteiger charge is 2.52. The highest BCUT2D eigenvalue weighted by molar-refractivity contribution is 7.15. The molecule has 7 aromatic rings. The number of benzene rings is 5. The summed E-state index contributed by atoms with van der Waals surface area (Å²) in [6.45, 7) is 1.80. The predicted molar refractivity (Wildman–Crippen MR) is 230 cm³/mol. The molecule has 1 aliphatic carbocycles. The molecule has 9 rings (SSSR count). The molecule has 2 aliphatic rings. The molecule has 1 saturated heterocycles. The van der Waals surface area contributed by atoms with Crippen molar-refractivity contribution in [2.75, 3.05) is 6.61 Å². The Morgan fingerprint density at radius 1 is 0.627 bits per heavy atom. The van der Waals surface area contributed by atoms with Gasteiger partial charge in [0.05, 0.1) is 44.2 Å². The van der Waals surface area contributed by atoms with E-state index in [0.717, 1.165) is 61.9 Å². The number of thiazole rings is 1. The van der Waals surface area contributed by atoms with E-state index in [1.54, 1.807) is 17.6 Å². The van der Waals surface area contributed by atoms with Gasteiger partial charge in [-0.15, -0.1) is 11.3 Å². The number of hydrogen-bond donors (Lipinski definition) is 0. The first-order chi connectivity index (χ1) is 29.1. The van der Waals surface area contributed by atoms with Crippen LogP contribution in [-0.2, 0) is 55.5 Å². The first kappa shape index (κ1) is 39.6. The van der Waals surface area contributed by atoms with Crippen molar-refractivity contribution >= 4 is 22.9 Å². The van der Waals surface area contributed by atoms with Crippen LogP contribution in [0.15, 0.2) is 169 Å². The highest BCUT2D eigenvalue weighted by atomic mass is 35.5. The van der Waals surface area contributed by atoms with Crippen LogP contribution in [0.25, 0.3) is 10.6 Å². The van der Waals surface area contributed by atoms with Crippen molar-refractivity contribution in [3.63, 3.8) is 0 Å². The smallest absolute Gasteiger partial charge is 0.145 e. The molecule has 300 valence electrons. The number of ether oxygens (including phenoxy) is 5. The van der Waals surface area contributed by atoms with E-state index in [0.29, 0.717) is 31.5 Å². The Hall–Kier alpha value is -4.90. The zero-order chi connectivity index (χ0) is 39.9. The topological polar surface area (TPSA) is 72.2 Å². The minimum atomic E-state index is -0.570. The first-order valence-electron chi connectivity index (χ1n) is 20.2. The maximum absolute atomic E-state index is 7.26. The summed E-state index contributed by atoms with van der Waals surface area (Å²) in [6.07, 6.45) is 2.76. The van der Waals surface area contributed by atoms with E-state index in [1.807, 2.05) is 97.2 Å². The molecule has 5 aromatic carbocycles. The van der Waals surface area contributed by atoms with Crippen LogP contribution in [0.3, 0.4) is 0 Å². The van der Waals surface area contributed by atoms with E-state index in [-0.39, 0.29) is 12.0 Å². The lowest BCUT2D eigenvalue weighted by atomic mass is 9.87. The maximum atomic E-state index is 7.26. The number of nitrogens with zero attached hydrogens (tertiary/aromatic N) is 1. The summed E-state index contributed by atoms with van der Waals surface area (Å²) >= 11 is 8.79. The SMILES string of the molecule is Clc1ccc(C2OC(COCc3ccccc3)C(OCc3ccccc3)C(OCc3ccccc3)C2OCc2ccccc2)cc1C1(c2ncc(-c3ccco3)s2)CC1. The lowest BCUT2D eigenvalue weighted by Crippen LogP contribution is -2.58. The molecule has 0 bridgehead atoms. The van der Waals surface area contributed by atoms with Gasteiger partial charge in [-0.2, -0.15) is 0 Å². The highest BCUT2D eigenvalue weighted by Crippen LogP contribution is 2.57. The number of aromatic nitrogens is 1. The Balaban J connectivity index is 1.10. The zero-order valence-corrected chi connectivity index (χ0v) is 34.2. The van der Waals surface area contributed by atoms with Gasteiger partial charge in [0.15, 0.2) is 0 Å². The van der Waals surface area contributed by atoms with Gasteiger partial charge >= 0.3 is 0 Å². The third-order valence-electron chi connectivity index (χ3n) is 11.1. The average Bonchev–Trinajstić information content (AvgIpc) is 3.62. The van der Waals surface area contributed by atoms with E-state index >= 15 is 0 Å². The Kier molecular flexibility index (Phi) is 12.4. The second-order valence-electron chi connectivity index (χ2n) is 15.2. The quantitative estimate of drug-likeness (QED) is 0.0905. The normalized spacial score (nSPS) is 21.0. The zero-order valence-electron chi connectivity index (χ0n) is 32.6. The molecule has 2 fully saturated rings. The fraction of sp³-hybridized carbons (Fsp3) is 0.260. The van der Waals surface area contributed by atoms with E-state index in [4.69, 9.17) is 44.7 Å². The van der Waals surface area contributed by atoms with E-state index in [1.165, 1.54) is 0 Å². The number of furan rings is 1. The minimum absolute atomic E-state index is 0.278. The minimum Gasteiger partial charge on any atom is -0.463 e. The van der Waals surface area contributed by atoms with Gasteiger partial charge in [0.25, 0.3) is 0 Å². The molecule has 5 unspecified atom stereocenters. The van der Waals surface area contributed by atoms with Crippen molar-refractivity contribution in [1.82, 2.24) is 4.98 Å². The maximum Gasteiger partial charge on any atom is 0.145 e. The van der Waals surface area contributed by atoms with Crippen LogP contribution in [0.5, 0.6) is 0 Å². The Morgan fingerprint density at radius 3 is 1.75 bits per heavy atom. The van der Waals surface area contributed by atoms with Crippen LogP contribution < -0.4 is 0 Å².